The Bertz CT molecular complexity index is 760. The summed E-state index contributed by atoms with van der Waals surface area (Å²) in [7, 11) is 0. The van der Waals surface area contributed by atoms with Crippen molar-refractivity contribution in [2.75, 3.05) is 6.54 Å². The number of hydrogen-bond donors (Lipinski definition) is 2. The number of rotatable bonds is 5. The van der Waals surface area contributed by atoms with Gasteiger partial charge in [-0.05, 0) is 43.4 Å². The first-order valence-corrected chi connectivity index (χ1v) is 7.41. The molecule has 120 valence electrons. The summed E-state index contributed by atoms with van der Waals surface area (Å²) < 4.78 is 5.54. The van der Waals surface area contributed by atoms with Gasteiger partial charge in [0.25, 0.3) is 5.69 Å². The fourth-order valence-corrected chi connectivity index (χ4v) is 2.15. The Morgan fingerprint density at radius 2 is 2.26 bits per heavy atom. The maximum atomic E-state index is 11.1. The van der Waals surface area contributed by atoms with Crippen molar-refractivity contribution in [3.05, 3.63) is 51.2 Å². The van der Waals surface area contributed by atoms with Gasteiger partial charge in [-0.3, -0.25) is 15.5 Å². The molecule has 7 nitrogen and oxygen atoms in total. The van der Waals surface area contributed by atoms with Crippen LogP contribution in [0, 0.1) is 10.1 Å². The van der Waals surface area contributed by atoms with E-state index >= 15 is 0 Å². The van der Waals surface area contributed by atoms with E-state index < -0.39 is 4.92 Å². The Balaban J connectivity index is 2.18. The molecule has 2 rings (SSSR count). The lowest BCUT2D eigenvalue weighted by Gasteiger charge is -2.02. The van der Waals surface area contributed by atoms with E-state index in [1.807, 2.05) is 6.92 Å². The Labute approximate surface area is 142 Å². The highest BCUT2D eigenvalue weighted by atomic mass is 35.5. The van der Waals surface area contributed by atoms with Gasteiger partial charge in [0.05, 0.1) is 16.7 Å². The number of nitro groups is 1. The van der Waals surface area contributed by atoms with Gasteiger partial charge < -0.3 is 9.73 Å². The van der Waals surface area contributed by atoms with Crippen molar-refractivity contribution in [2.45, 2.75) is 6.92 Å². The first-order chi connectivity index (χ1) is 11.0. The lowest BCUT2D eigenvalue weighted by Crippen LogP contribution is -2.31. The quantitative estimate of drug-likeness (QED) is 0.371. The Morgan fingerprint density at radius 3 is 2.96 bits per heavy atom. The number of halogens is 1. The van der Waals surface area contributed by atoms with E-state index in [9.17, 15) is 10.1 Å². The molecule has 0 saturated carbocycles. The highest BCUT2D eigenvalue weighted by molar-refractivity contribution is 7.80. The van der Waals surface area contributed by atoms with Crippen LogP contribution >= 0.6 is 23.8 Å². The summed E-state index contributed by atoms with van der Waals surface area (Å²) in [5.74, 6) is 0.778. The molecule has 0 amide bonds. The summed E-state index contributed by atoms with van der Waals surface area (Å²) in [6.45, 7) is 2.60. The predicted octanol–water partition coefficient (Wildman–Crippen LogP) is 3.33. The average Bonchev–Trinajstić information content (AvgIpc) is 2.96. The summed E-state index contributed by atoms with van der Waals surface area (Å²) in [4.78, 5) is 10.6. The lowest BCUT2D eigenvalue weighted by molar-refractivity contribution is -0.384. The third-order valence-corrected chi connectivity index (χ3v) is 3.21. The smallest absolute Gasteiger partial charge is 0.281 e. The van der Waals surface area contributed by atoms with E-state index in [1.54, 1.807) is 24.3 Å². The zero-order valence-corrected chi connectivity index (χ0v) is 13.6. The molecule has 0 aliphatic carbocycles. The van der Waals surface area contributed by atoms with E-state index in [4.69, 9.17) is 28.2 Å². The third-order valence-electron chi connectivity index (χ3n) is 2.74. The van der Waals surface area contributed by atoms with Crippen LogP contribution in [0.25, 0.3) is 11.3 Å². The highest BCUT2D eigenvalue weighted by Crippen LogP contribution is 2.33. The van der Waals surface area contributed by atoms with Crippen molar-refractivity contribution in [2.24, 2.45) is 5.10 Å². The zero-order valence-electron chi connectivity index (χ0n) is 12.1. The summed E-state index contributed by atoms with van der Waals surface area (Å²) in [5.41, 5.74) is 2.84. The molecule has 2 N–H and O–H groups in total. The molecule has 0 unspecified atom stereocenters. The highest BCUT2D eigenvalue weighted by Gasteiger charge is 2.18. The maximum absolute atomic E-state index is 11.1. The Kier molecular flexibility index (Phi) is 5.67. The van der Waals surface area contributed by atoms with Gasteiger partial charge in [-0.15, -0.1) is 0 Å². The predicted molar refractivity (Wildman–Crippen MR) is 92.8 cm³/mol. The SMILES string of the molecule is CCNC(=S)N/N=C\c1ccc(-c2ccc(Cl)cc2[N+](=O)[O-])o1. The first-order valence-electron chi connectivity index (χ1n) is 6.62. The molecule has 0 bridgehead atoms. The second-order valence-electron chi connectivity index (χ2n) is 4.35. The molecule has 0 radical (unpaired) electrons. The van der Waals surface area contributed by atoms with Crippen LogP contribution in [-0.4, -0.2) is 22.8 Å². The van der Waals surface area contributed by atoms with Crippen LogP contribution in [0.2, 0.25) is 5.02 Å². The minimum Gasteiger partial charge on any atom is -0.455 e. The van der Waals surface area contributed by atoms with Gasteiger partial charge >= 0.3 is 0 Å². The molecule has 23 heavy (non-hydrogen) atoms. The zero-order chi connectivity index (χ0) is 16.8. The molecule has 0 fully saturated rings. The average molecular weight is 353 g/mol. The van der Waals surface area contributed by atoms with Gasteiger partial charge in [0.15, 0.2) is 5.11 Å². The summed E-state index contributed by atoms with van der Waals surface area (Å²) in [6, 6.07) is 7.66. The van der Waals surface area contributed by atoms with Crippen LogP contribution in [-0.2, 0) is 0 Å². The fourth-order valence-electron chi connectivity index (χ4n) is 1.79. The Morgan fingerprint density at radius 1 is 1.48 bits per heavy atom. The number of hydrogen-bond acceptors (Lipinski definition) is 5. The molecular formula is C14H13ClN4O3S. The Hall–Kier alpha value is -2.45. The van der Waals surface area contributed by atoms with Crippen LogP contribution in [0.15, 0.2) is 39.9 Å². The van der Waals surface area contributed by atoms with Crippen molar-refractivity contribution in [1.29, 1.82) is 0 Å². The molecule has 0 aliphatic rings. The van der Waals surface area contributed by atoms with Gasteiger partial charge in [-0.1, -0.05) is 11.6 Å². The van der Waals surface area contributed by atoms with Crippen LogP contribution in [0.4, 0.5) is 5.69 Å². The van der Waals surface area contributed by atoms with Crippen LogP contribution in [0.3, 0.4) is 0 Å². The van der Waals surface area contributed by atoms with Gasteiger partial charge in [0, 0.05) is 17.6 Å². The normalized spacial score (nSPS) is 10.7. The maximum Gasteiger partial charge on any atom is 0.281 e. The van der Waals surface area contributed by atoms with E-state index in [-0.39, 0.29) is 10.7 Å². The topological polar surface area (TPSA) is 92.7 Å². The summed E-state index contributed by atoms with van der Waals surface area (Å²) in [5, 5.41) is 18.6. The third kappa shape index (κ3) is 4.51. The number of nitro benzene ring substituents is 1. The molecule has 1 heterocycles. The van der Waals surface area contributed by atoms with Crippen LogP contribution in [0.5, 0.6) is 0 Å². The van der Waals surface area contributed by atoms with Crippen molar-refractivity contribution in [3.63, 3.8) is 0 Å². The first kappa shape index (κ1) is 16.9. The molecule has 1 aromatic carbocycles. The molecule has 0 saturated heterocycles. The number of benzene rings is 1. The van der Waals surface area contributed by atoms with E-state index in [1.165, 1.54) is 12.3 Å². The minimum absolute atomic E-state index is 0.123. The number of hydrazone groups is 1. The lowest BCUT2D eigenvalue weighted by atomic mass is 10.1. The van der Waals surface area contributed by atoms with E-state index in [0.29, 0.717) is 28.7 Å². The number of thiocarbonyl (C=S) groups is 1. The second kappa shape index (κ2) is 7.70. The van der Waals surface area contributed by atoms with Crippen LogP contribution < -0.4 is 10.7 Å². The second-order valence-corrected chi connectivity index (χ2v) is 5.19. The molecule has 0 spiro atoms. The monoisotopic (exact) mass is 352 g/mol. The van der Waals surface area contributed by atoms with Gasteiger partial charge in [-0.25, -0.2) is 0 Å². The van der Waals surface area contributed by atoms with Crippen molar-refractivity contribution >= 4 is 40.8 Å². The molecular weight excluding hydrogens is 340 g/mol. The van der Waals surface area contributed by atoms with Gasteiger partial charge in [0.1, 0.15) is 11.5 Å². The molecule has 0 atom stereocenters. The van der Waals surface area contributed by atoms with E-state index in [0.717, 1.165) is 0 Å². The molecule has 2 aromatic rings. The molecule has 1 aromatic heterocycles. The largest absolute Gasteiger partial charge is 0.455 e. The van der Waals surface area contributed by atoms with Gasteiger partial charge in [-0.2, -0.15) is 5.10 Å². The summed E-state index contributed by atoms with van der Waals surface area (Å²) in [6.07, 6.45) is 1.43. The molecule has 9 heteroatoms. The standard InChI is InChI=1S/C14H13ClN4O3S/c1-2-16-14(23)18-17-8-10-4-6-13(22-10)11-5-3-9(15)7-12(11)19(20)21/h3-8H,2H2,1H3,(H2,16,18,23)/b17-8-. The number of nitrogens with zero attached hydrogens (tertiary/aromatic N) is 2. The van der Waals surface area contributed by atoms with Crippen LogP contribution in [0.1, 0.15) is 12.7 Å². The summed E-state index contributed by atoms with van der Waals surface area (Å²) >= 11 is 10.7. The molecule has 0 aliphatic heterocycles. The fraction of sp³-hybridized carbons (Fsp3) is 0.143. The number of furan rings is 1. The van der Waals surface area contributed by atoms with Crippen molar-refractivity contribution in [3.8, 4) is 11.3 Å². The number of nitrogens with one attached hydrogen (secondary N) is 2. The van der Waals surface area contributed by atoms with Crippen molar-refractivity contribution in [1.82, 2.24) is 10.7 Å². The minimum atomic E-state index is -0.506. The van der Waals surface area contributed by atoms with Gasteiger partial charge in [0.2, 0.25) is 0 Å². The van der Waals surface area contributed by atoms with Crippen molar-refractivity contribution < 1.29 is 9.34 Å². The van der Waals surface area contributed by atoms with E-state index in [2.05, 4.69) is 15.8 Å².